The minimum Gasteiger partial charge on any atom is -0.444 e. The third kappa shape index (κ3) is 4.44. The molecule has 172 valence electrons. The highest BCUT2D eigenvalue weighted by molar-refractivity contribution is 5.92. The second kappa shape index (κ2) is 8.35. The summed E-state index contributed by atoms with van der Waals surface area (Å²) >= 11 is 0. The van der Waals surface area contributed by atoms with Crippen LogP contribution in [0.3, 0.4) is 0 Å². The Morgan fingerprint density at radius 1 is 1.25 bits per heavy atom. The fourth-order valence-electron chi connectivity index (χ4n) is 5.27. The van der Waals surface area contributed by atoms with Crippen LogP contribution in [-0.4, -0.2) is 67.1 Å². The van der Waals surface area contributed by atoms with Gasteiger partial charge < -0.3 is 19.9 Å². The molecule has 1 aliphatic heterocycles. The number of likely N-dealkylation sites (tertiary alicyclic amines) is 1. The number of hydrogen-bond donors (Lipinski definition) is 2. The van der Waals surface area contributed by atoms with Crippen LogP contribution in [0, 0.1) is 5.92 Å². The molecule has 32 heavy (non-hydrogen) atoms. The molecule has 2 N–H and O–H groups in total. The summed E-state index contributed by atoms with van der Waals surface area (Å²) in [5.41, 5.74) is 2.63. The predicted molar refractivity (Wildman–Crippen MR) is 122 cm³/mol. The van der Waals surface area contributed by atoms with Crippen LogP contribution >= 0.6 is 0 Å². The van der Waals surface area contributed by atoms with Gasteiger partial charge in [0.25, 0.3) is 0 Å². The molecule has 1 atom stereocenters. The van der Waals surface area contributed by atoms with Crippen LogP contribution in [-0.2, 0) is 4.74 Å². The SMILES string of the molecule is CC(C)(C)OC(=O)N[C@H]1CCN(CC2CCC(c3nnn4cnc5[nH]ccc5c34)CC2)C1. The number of rotatable bonds is 4. The van der Waals surface area contributed by atoms with Crippen molar-refractivity contribution in [2.75, 3.05) is 19.6 Å². The summed E-state index contributed by atoms with van der Waals surface area (Å²) in [6, 6.07) is 2.24. The molecule has 0 spiro atoms. The van der Waals surface area contributed by atoms with Gasteiger partial charge in [-0.1, -0.05) is 5.21 Å². The summed E-state index contributed by atoms with van der Waals surface area (Å²) in [6.45, 7) is 8.73. The van der Waals surface area contributed by atoms with E-state index in [1.807, 2.05) is 27.0 Å². The first kappa shape index (κ1) is 21.2. The van der Waals surface area contributed by atoms with Gasteiger partial charge in [-0.15, -0.1) is 5.10 Å². The average Bonchev–Trinajstić information content (AvgIpc) is 3.45. The standard InChI is InChI=1S/C23H33N7O2/c1-23(2,3)32-22(31)26-17-9-11-29(13-17)12-15-4-6-16(7-5-15)19-20-18-8-10-24-21(18)25-14-30(20)28-27-19/h8,10,14-17,24H,4-7,9,11-13H2,1-3H3,(H,26,31)/t15?,16?,17-/m0/s1. The van der Waals surface area contributed by atoms with Crippen molar-refractivity contribution in [3.63, 3.8) is 0 Å². The number of carbonyl (C=O) groups is 1. The van der Waals surface area contributed by atoms with Crippen molar-refractivity contribution in [3.05, 3.63) is 24.3 Å². The second-order valence-electron chi connectivity index (χ2n) is 10.4. The average molecular weight is 440 g/mol. The Hall–Kier alpha value is -2.68. The third-order valence-corrected chi connectivity index (χ3v) is 6.74. The quantitative estimate of drug-likeness (QED) is 0.646. The topological polar surface area (TPSA) is 100 Å². The van der Waals surface area contributed by atoms with Crippen LogP contribution in [0.15, 0.2) is 18.6 Å². The lowest BCUT2D eigenvalue weighted by molar-refractivity contribution is 0.0505. The molecule has 0 bridgehead atoms. The predicted octanol–water partition coefficient (Wildman–Crippen LogP) is 3.48. The minimum atomic E-state index is -0.458. The molecule has 1 amide bonds. The second-order valence-corrected chi connectivity index (χ2v) is 10.4. The highest BCUT2D eigenvalue weighted by Gasteiger charge is 2.31. The van der Waals surface area contributed by atoms with E-state index in [0.717, 1.165) is 61.1 Å². The van der Waals surface area contributed by atoms with Gasteiger partial charge in [-0.3, -0.25) is 0 Å². The van der Waals surface area contributed by atoms with Gasteiger partial charge in [-0.25, -0.2) is 14.3 Å². The number of aromatic amines is 1. The van der Waals surface area contributed by atoms with Gasteiger partial charge in [0.05, 0.1) is 5.69 Å². The Morgan fingerprint density at radius 3 is 2.84 bits per heavy atom. The molecule has 3 aromatic heterocycles. The van der Waals surface area contributed by atoms with Gasteiger partial charge in [0.2, 0.25) is 0 Å². The summed E-state index contributed by atoms with van der Waals surface area (Å²) < 4.78 is 7.20. The zero-order chi connectivity index (χ0) is 22.3. The fraction of sp³-hybridized carbons (Fsp3) is 0.652. The molecule has 9 heteroatoms. The lowest BCUT2D eigenvalue weighted by atomic mass is 9.80. The zero-order valence-electron chi connectivity index (χ0n) is 19.2. The highest BCUT2D eigenvalue weighted by atomic mass is 16.6. The van der Waals surface area contributed by atoms with Crippen molar-refractivity contribution in [2.45, 2.75) is 70.4 Å². The van der Waals surface area contributed by atoms with Crippen molar-refractivity contribution in [1.82, 2.24) is 35.0 Å². The highest BCUT2D eigenvalue weighted by Crippen LogP contribution is 2.38. The maximum absolute atomic E-state index is 12.0. The van der Waals surface area contributed by atoms with Gasteiger partial charge in [0, 0.05) is 43.2 Å². The van der Waals surface area contributed by atoms with Crippen LogP contribution in [0.2, 0.25) is 0 Å². The Balaban J connectivity index is 1.14. The molecular weight excluding hydrogens is 406 g/mol. The van der Waals surface area contributed by atoms with Crippen molar-refractivity contribution >= 4 is 22.6 Å². The molecule has 0 aromatic carbocycles. The molecule has 1 saturated carbocycles. The van der Waals surface area contributed by atoms with Gasteiger partial charge in [0.1, 0.15) is 23.1 Å². The van der Waals surface area contributed by atoms with E-state index in [1.165, 1.54) is 12.8 Å². The number of ether oxygens (including phenoxy) is 1. The Labute approximate surface area is 187 Å². The summed E-state index contributed by atoms with van der Waals surface area (Å²) in [7, 11) is 0. The van der Waals surface area contributed by atoms with Gasteiger partial charge in [-0.2, -0.15) is 0 Å². The first-order valence-electron chi connectivity index (χ1n) is 11.7. The van der Waals surface area contributed by atoms with E-state index in [4.69, 9.17) is 4.74 Å². The summed E-state index contributed by atoms with van der Waals surface area (Å²) in [4.78, 5) is 22.1. The third-order valence-electron chi connectivity index (χ3n) is 6.74. The number of H-pyrrole nitrogens is 1. The smallest absolute Gasteiger partial charge is 0.407 e. The van der Waals surface area contributed by atoms with Crippen molar-refractivity contribution < 1.29 is 9.53 Å². The largest absolute Gasteiger partial charge is 0.444 e. The number of carbonyl (C=O) groups excluding carboxylic acids is 1. The molecule has 5 rings (SSSR count). The molecule has 0 radical (unpaired) electrons. The number of amides is 1. The molecule has 2 fully saturated rings. The maximum Gasteiger partial charge on any atom is 0.407 e. The van der Waals surface area contributed by atoms with Gasteiger partial charge in [0.15, 0.2) is 0 Å². The van der Waals surface area contributed by atoms with Crippen LogP contribution < -0.4 is 5.32 Å². The molecule has 0 unspecified atom stereocenters. The van der Waals surface area contributed by atoms with Crippen molar-refractivity contribution in [3.8, 4) is 0 Å². The van der Waals surface area contributed by atoms with E-state index in [2.05, 4.69) is 36.6 Å². The minimum absolute atomic E-state index is 0.182. The molecule has 3 aromatic rings. The monoisotopic (exact) mass is 439 g/mol. The molecule has 2 aliphatic rings. The first-order valence-corrected chi connectivity index (χ1v) is 11.7. The lowest BCUT2D eigenvalue weighted by Gasteiger charge is -2.30. The van der Waals surface area contributed by atoms with E-state index in [-0.39, 0.29) is 12.1 Å². The first-order chi connectivity index (χ1) is 15.4. The molecule has 1 saturated heterocycles. The number of aromatic nitrogens is 5. The van der Waals surface area contributed by atoms with Crippen molar-refractivity contribution in [2.24, 2.45) is 5.92 Å². The lowest BCUT2D eigenvalue weighted by Crippen LogP contribution is -2.41. The Bertz CT molecular complexity index is 1090. The van der Waals surface area contributed by atoms with E-state index in [0.29, 0.717) is 11.8 Å². The number of nitrogens with zero attached hydrogens (tertiary/aromatic N) is 5. The summed E-state index contributed by atoms with van der Waals surface area (Å²) in [6.07, 6.45) is 9.02. The molecule has 9 nitrogen and oxygen atoms in total. The number of nitrogens with one attached hydrogen (secondary N) is 2. The zero-order valence-corrected chi connectivity index (χ0v) is 19.2. The number of alkyl carbamates (subject to hydrolysis) is 1. The van der Waals surface area contributed by atoms with Gasteiger partial charge in [-0.05, 0) is 64.9 Å². The fourth-order valence-corrected chi connectivity index (χ4v) is 5.27. The number of fused-ring (bicyclic) bond motifs is 3. The summed E-state index contributed by atoms with van der Waals surface area (Å²) in [5, 5.41) is 13.0. The van der Waals surface area contributed by atoms with Crippen LogP contribution in [0.4, 0.5) is 4.79 Å². The number of hydrogen-bond acceptors (Lipinski definition) is 6. The molecular formula is C23H33N7O2. The van der Waals surface area contributed by atoms with Crippen LogP contribution in [0.1, 0.15) is 64.5 Å². The van der Waals surface area contributed by atoms with Crippen LogP contribution in [0.25, 0.3) is 16.6 Å². The Kier molecular flexibility index (Phi) is 5.53. The van der Waals surface area contributed by atoms with E-state index >= 15 is 0 Å². The maximum atomic E-state index is 12.0. The van der Waals surface area contributed by atoms with Gasteiger partial charge >= 0.3 is 6.09 Å². The van der Waals surface area contributed by atoms with Crippen LogP contribution in [0.5, 0.6) is 0 Å². The van der Waals surface area contributed by atoms with E-state index in [1.54, 1.807) is 10.8 Å². The Morgan fingerprint density at radius 2 is 2.06 bits per heavy atom. The normalized spacial score (nSPS) is 24.9. The van der Waals surface area contributed by atoms with E-state index in [9.17, 15) is 4.79 Å². The van der Waals surface area contributed by atoms with E-state index < -0.39 is 5.60 Å². The molecule has 1 aliphatic carbocycles. The summed E-state index contributed by atoms with van der Waals surface area (Å²) in [5.74, 6) is 1.15. The van der Waals surface area contributed by atoms with Crippen molar-refractivity contribution in [1.29, 1.82) is 0 Å². The molecule has 4 heterocycles.